The maximum Gasteiger partial charge on any atom is 0.306 e. The van der Waals surface area contributed by atoms with Crippen molar-refractivity contribution < 1.29 is 23.9 Å². The largest absolute Gasteiger partial charge is 0.453 e. The van der Waals surface area contributed by atoms with Gasteiger partial charge in [-0.05, 0) is 36.9 Å². The van der Waals surface area contributed by atoms with Gasteiger partial charge in [-0.1, -0.05) is 47.5 Å². The highest BCUT2D eigenvalue weighted by molar-refractivity contribution is 6.36. The van der Waals surface area contributed by atoms with Gasteiger partial charge in [0.05, 0.1) is 10.0 Å². The molecule has 1 aliphatic heterocycles. The van der Waals surface area contributed by atoms with Gasteiger partial charge in [0.25, 0.3) is 17.7 Å². The van der Waals surface area contributed by atoms with Crippen LogP contribution in [0.5, 0.6) is 0 Å². The second kappa shape index (κ2) is 9.79. The minimum Gasteiger partial charge on any atom is -0.453 e. The van der Waals surface area contributed by atoms with E-state index >= 15 is 0 Å². The summed E-state index contributed by atoms with van der Waals surface area (Å²) in [6, 6.07) is 12.0. The number of benzene rings is 2. The quantitative estimate of drug-likeness (QED) is 0.379. The molecule has 1 N–H and O–H groups in total. The summed E-state index contributed by atoms with van der Waals surface area (Å²) in [6.07, 6.45) is 0.319. The van der Waals surface area contributed by atoms with Crippen LogP contribution in [0.1, 0.15) is 40.5 Å². The SMILES string of the molecule is CC(OC(=O)CCCN1C(=O)c2cccc3cccc(c23)C1=O)C(=O)Nc1ncc(Cl)cc1Cl. The molecule has 0 fully saturated rings. The molecule has 0 spiro atoms. The predicted molar refractivity (Wildman–Crippen MR) is 127 cm³/mol. The van der Waals surface area contributed by atoms with E-state index in [2.05, 4.69) is 10.3 Å². The van der Waals surface area contributed by atoms with E-state index in [1.165, 1.54) is 19.2 Å². The molecule has 0 radical (unpaired) electrons. The third kappa shape index (κ3) is 4.73. The number of rotatable bonds is 7. The van der Waals surface area contributed by atoms with Gasteiger partial charge >= 0.3 is 5.97 Å². The van der Waals surface area contributed by atoms with Crippen molar-refractivity contribution in [2.45, 2.75) is 25.9 Å². The van der Waals surface area contributed by atoms with E-state index < -0.39 is 29.8 Å². The minimum absolute atomic E-state index is 0.0440. The lowest BCUT2D eigenvalue weighted by molar-refractivity contribution is -0.153. The fraction of sp³-hybridized carbons (Fsp3) is 0.208. The molecule has 2 heterocycles. The summed E-state index contributed by atoms with van der Waals surface area (Å²) in [5.41, 5.74) is 0.907. The predicted octanol–water partition coefficient (Wildman–Crippen LogP) is 4.49. The number of nitrogens with one attached hydrogen (secondary N) is 1. The van der Waals surface area contributed by atoms with Gasteiger partial charge in [-0.15, -0.1) is 0 Å². The molecule has 0 saturated heterocycles. The van der Waals surface area contributed by atoms with Crippen molar-refractivity contribution in [2.24, 2.45) is 0 Å². The topological polar surface area (TPSA) is 106 Å². The summed E-state index contributed by atoms with van der Waals surface area (Å²) >= 11 is 11.8. The number of nitrogens with zero attached hydrogens (tertiary/aromatic N) is 2. The highest BCUT2D eigenvalue weighted by atomic mass is 35.5. The van der Waals surface area contributed by atoms with Crippen LogP contribution in [0.25, 0.3) is 10.8 Å². The molecule has 1 unspecified atom stereocenters. The van der Waals surface area contributed by atoms with E-state index in [1.807, 2.05) is 12.1 Å². The second-order valence-corrected chi connectivity index (χ2v) is 8.52. The molecule has 8 nitrogen and oxygen atoms in total. The number of esters is 1. The number of carbonyl (C=O) groups excluding carboxylic acids is 4. The van der Waals surface area contributed by atoms with Gasteiger partial charge in [0, 0.05) is 35.7 Å². The number of pyridine rings is 1. The van der Waals surface area contributed by atoms with Crippen molar-refractivity contribution in [3.05, 3.63) is 69.8 Å². The van der Waals surface area contributed by atoms with Crippen LogP contribution >= 0.6 is 23.2 Å². The first kappa shape index (κ1) is 23.7. The number of imide groups is 1. The average molecular weight is 500 g/mol. The maximum absolute atomic E-state index is 12.9. The number of halogens is 2. The molecule has 3 amide bonds. The van der Waals surface area contributed by atoms with Gasteiger partial charge in [-0.2, -0.15) is 0 Å². The Morgan fingerprint density at radius 3 is 2.35 bits per heavy atom. The molecular formula is C24H19Cl2N3O5. The molecule has 2 aromatic carbocycles. The van der Waals surface area contributed by atoms with Crippen LogP contribution < -0.4 is 5.32 Å². The van der Waals surface area contributed by atoms with Gasteiger partial charge in [0.15, 0.2) is 11.9 Å². The molecule has 10 heteroatoms. The zero-order chi connectivity index (χ0) is 24.4. The Balaban J connectivity index is 1.32. The van der Waals surface area contributed by atoms with Crippen molar-refractivity contribution in [1.29, 1.82) is 0 Å². The summed E-state index contributed by atoms with van der Waals surface area (Å²) in [4.78, 5) is 55.3. The Morgan fingerprint density at radius 2 is 1.74 bits per heavy atom. The van der Waals surface area contributed by atoms with Gasteiger partial charge in [-0.25, -0.2) is 4.98 Å². The van der Waals surface area contributed by atoms with E-state index in [0.29, 0.717) is 21.5 Å². The molecule has 3 aromatic rings. The molecule has 34 heavy (non-hydrogen) atoms. The van der Waals surface area contributed by atoms with Gasteiger partial charge in [0.2, 0.25) is 0 Å². The third-order valence-corrected chi connectivity index (χ3v) is 5.84. The van der Waals surface area contributed by atoms with Crippen molar-refractivity contribution >= 4 is 63.5 Å². The fourth-order valence-corrected chi connectivity index (χ4v) is 4.13. The highest BCUT2D eigenvalue weighted by Gasteiger charge is 2.32. The third-order valence-electron chi connectivity index (χ3n) is 5.35. The Morgan fingerprint density at radius 1 is 1.09 bits per heavy atom. The van der Waals surface area contributed by atoms with Crippen molar-refractivity contribution in [3.8, 4) is 0 Å². The molecule has 1 aliphatic rings. The van der Waals surface area contributed by atoms with E-state index in [9.17, 15) is 19.2 Å². The van der Waals surface area contributed by atoms with Gasteiger partial charge < -0.3 is 10.1 Å². The molecular weight excluding hydrogens is 481 g/mol. The molecule has 1 aromatic heterocycles. The number of aromatic nitrogens is 1. The Bertz CT molecular complexity index is 1280. The van der Waals surface area contributed by atoms with E-state index in [1.54, 1.807) is 24.3 Å². The summed E-state index contributed by atoms with van der Waals surface area (Å²) in [5.74, 6) is -1.96. The number of anilines is 1. The normalized spacial score (nSPS) is 13.7. The van der Waals surface area contributed by atoms with Crippen LogP contribution in [0, 0.1) is 0 Å². The Kier molecular flexibility index (Phi) is 6.81. The summed E-state index contributed by atoms with van der Waals surface area (Å²) < 4.78 is 5.16. The lowest BCUT2D eigenvalue weighted by Gasteiger charge is -2.27. The van der Waals surface area contributed by atoms with Crippen molar-refractivity contribution in [2.75, 3.05) is 11.9 Å². The first-order chi connectivity index (χ1) is 16.3. The Hall–Kier alpha value is -3.49. The monoisotopic (exact) mass is 499 g/mol. The van der Waals surface area contributed by atoms with Crippen LogP contribution in [0.2, 0.25) is 10.0 Å². The summed E-state index contributed by atoms with van der Waals surface area (Å²) in [7, 11) is 0. The van der Waals surface area contributed by atoms with Crippen LogP contribution in [-0.2, 0) is 14.3 Å². The van der Waals surface area contributed by atoms with Gasteiger partial charge in [0.1, 0.15) is 0 Å². The standard InChI is InChI=1S/C24H19Cl2N3O5/c1-13(22(31)28-21-18(26)11-15(25)12-27-21)34-19(30)9-4-10-29-23(32)16-7-2-5-14-6-3-8-17(20(14)16)24(29)33/h2-3,5-8,11-13H,4,9-10H2,1H3,(H,27,28,31). The molecule has 0 aliphatic carbocycles. The minimum atomic E-state index is -1.11. The first-order valence-corrected chi connectivity index (χ1v) is 11.2. The number of hydrogen-bond donors (Lipinski definition) is 1. The second-order valence-electron chi connectivity index (χ2n) is 7.68. The van der Waals surface area contributed by atoms with E-state index in [-0.39, 0.29) is 30.2 Å². The van der Waals surface area contributed by atoms with Crippen LogP contribution in [0.15, 0.2) is 48.7 Å². The Labute approximate surface area is 204 Å². The van der Waals surface area contributed by atoms with Crippen LogP contribution in [0.4, 0.5) is 5.82 Å². The number of amides is 3. The zero-order valence-electron chi connectivity index (χ0n) is 18.0. The molecule has 0 saturated carbocycles. The zero-order valence-corrected chi connectivity index (χ0v) is 19.5. The van der Waals surface area contributed by atoms with Crippen molar-refractivity contribution in [3.63, 3.8) is 0 Å². The maximum atomic E-state index is 12.9. The smallest absolute Gasteiger partial charge is 0.306 e. The van der Waals surface area contributed by atoms with E-state index in [0.717, 1.165) is 10.3 Å². The highest BCUT2D eigenvalue weighted by Crippen LogP contribution is 2.30. The average Bonchev–Trinajstić information content (AvgIpc) is 2.81. The van der Waals surface area contributed by atoms with Crippen molar-refractivity contribution in [1.82, 2.24) is 9.88 Å². The molecule has 174 valence electrons. The number of hydrogen-bond acceptors (Lipinski definition) is 6. The number of carbonyl (C=O) groups is 4. The van der Waals surface area contributed by atoms with Gasteiger partial charge in [-0.3, -0.25) is 24.1 Å². The lowest BCUT2D eigenvalue weighted by Crippen LogP contribution is -2.41. The van der Waals surface area contributed by atoms with Crippen LogP contribution in [0.3, 0.4) is 0 Å². The molecule has 1 atom stereocenters. The molecule has 4 rings (SSSR count). The molecule has 0 bridgehead atoms. The lowest BCUT2D eigenvalue weighted by atomic mass is 9.94. The summed E-state index contributed by atoms with van der Waals surface area (Å²) in [5, 5.41) is 4.39. The van der Waals surface area contributed by atoms with Crippen LogP contribution in [-0.4, -0.2) is 46.2 Å². The fourth-order valence-electron chi connectivity index (χ4n) is 3.70. The first-order valence-electron chi connectivity index (χ1n) is 10.5. The number of ether oxygens (including phenoxy) is 1. The van der Waals surface area contributed by atoms with E-state index in [4.69, 9.17) is 27.9 Å². The summed E-state index contributed by atoms with van der Waals surface area (Å²) in [6.45, 7) is 1.45.